The van der Waals surface area contributed by atoms with Crippen LogP contribution in [0, 0.1) is 0 Å². The lowest BCUT2D eigenvalue weighted by molar-refractivity contribution is -0.159. The molecule has 1 aromatic rings. The highest BCUT2D eigenvalue weighted by Crippen LogP contribution is 2.26. The summed E-state index contributed by atoms with van der Waals surface area (Å²) in [7, 11) is 0. The summed E-state index contributed by atoms with van der Waals surface area (Å²) in [5.41, 5.74) is -1.04. The van der Waals surface area contributed by atoms with Gasteiger partial charge in [-0.15, -0.1) is 0 Å². The summed E-state index contributed by atoms with van der Waals surface area (Å²) in [6.07, 6.45) is 0.719. The predicted molar refractivity (Wildman–Crippen MR) is 76.8 cm³/mol. The van der Waals surface area contributed by atoms with Gasteiger partial charge in [-0.3, -0.25) is 0 Å². The van der Waals surface area contributed by atoms with Crippen molar-refractivity contribution in [3.63, 3.8) is 0 Å². The monoisotopic (exact) mass is 279 g/mol. The van der Waals surface area contributed by atoms with E-state index in [-0.39, 0.29) is 6.61 Å². The standard InChI is InChI=1S/C15H21NO4/c1-4-11-16(12-9-7-6-8-10-12)15(3,13(17)18)14(19)20-5-2/h6-10H,4-5,11H2,1-3H3,(H,17,18)/t15-/m0/s1. The number of carboxylic acid groups (broad SMARTS) is 1. The molecule has 0 amide bonds. The molecule has 0 bridgehead atoms. The first-order valence-electron chi connectivity index (χ1n) is 6.71. The quantitative estimate of drug-likeness (QED) is 0.613. The zero-order chi connectivity index (χ0) is 15.2. The first-order chi connectivity index (χ1) is 9.48. The molecule has 5 nitrogen and oxygen atoms in total. The number of nitrogens with zero attached hydrogens (tertiary/aromatic N) is 1. The van der Waals surface area contributed by atoms with Gasteiger partial charge in [0.05, 0.1) is 6.61 Å². The molecule has 20 heavy (non-hydrogen) atoms. The Morgan fingerprint density at radius 2 is 1.85 bits per heavy atom. The van der Waals surface area contributed by atoms with Gasteiger partial charge >= 0.3 is 11.9 Å². The molecule has 5 heteroatoms. The summed E-state index contributed by atoms with van der Waals surface area (Å²) < 4.78 is 4.96. The fourth-order valence-electron chi connectivity index (χ4n) is 2.03. The lowest BCUT2D eigenvalue weighted by Gasteiger charge is -2.37. The van der Waals surface area contributed by atoms with E-state index < -0.39 is 17.5 Å². The van der Waals surface area contributed by atoms with Crippen LogP contribution in [0.15, 0.2) is 30.3 Å². The smallest absolute Gasteiger partial charge is 0.343 e. The molecule has 0 aliphatic rings. The maximum absolute atomic E-state index is 12.2. The Labute approximate surface area is 119 Å². The van der Waals surface area contributed by atoms with Gasteiger partial charge in [0.25, 0.3) is 0 Å². The third-order valence-electron chi connectivity index (χ3n) is 3.14. The van der Waals surface area contributed by atoms with Crippen LogP contribution >= 0.6 is 0 Å². The number of carboxylic acids is 1. The molecule has 1 atom stereocenters. The van der Waals surface area contributed by atoms with Gasteiger partial charge in [-0.2, -0.15) is 0 Å². The molecule has 0 fully saturated rings. The van der Waals surface area contributed by atoms with Crippen LogP contribution in [0.4, 0.5) is 5.69 Å². The molecule has 0 heterocycles. The van der Waals surface area contributed by atoms with E-state index in [9.17, 15) is 14.7 Å². The minimum atomic E-state index is -1.73. The molecule has 0 spiro atoms. The number of anilines is 1. The summed E-state index contributed by atoms with van der Waals surface area (Å²) in [6.45, 7) is 5.58. The zero-order valence-electron chi connectivity index (χ0n) is 12.1. The van der Waals surface area contributed by atoms with E-state index in [2.05, 4.69) is 0 Å². The number of esters is 1. The van der Waals surface area contributed by atoms with Crippen LogP contribution < -0.4 is 4.90 Å². The van der Waals surface area contributed by atoms with Crippen molar-refractivity contribution in [1.82, 2.24) is 0 Å². The molecule has 0 aromatic heterocycles. The average molecular weight is 279 g/mol. The number of carbonyl (C=O) groups is 2. The van der Waals surface area contributed by atoms with Crippen molar-refractivity contribution in [1.29, 1.82) is 0 Å². The minimum Gasteiger partial charge on any atom is -0.479 e. The van der Waals surface area contributed by atoms with Crippen molar-refractivity contribution in [3.05, 3.63) is 30.3 Å². The van der Waals surface area contributed by atoms with E-state index in [0.717, 1.165) is 6.42 Å². The third-order valence-corrected chi connectivity index (χ3v) is 3.14. The van der Waals surface area contributed by atoms with Crippen LogP contribution in [-0.2, 0) is 14.3 Å². The van der Waals surface area contributed by atoms with Crippen molar-refractivity contribution in [2.75, 3.05) is 18.1 Å². The molecule has 0 saturated heterocycles. The number of para-hydroxylation sites is 1. The van der Waals surface area contributed by atoms with E-state index in [1.165, 1.54) is 6.92 Å². The second-order valence-corrected chi connectivity index (χ2v) is 4.59. The van der Waals surface area contributed by atoms with E-state index in [0.29, 0.717) is 12.2 Å². The molecule has 0 saturated carbocycles. The number of benzene rings is 1. The predicted octanol–water partition coefficient (Wildman–Crippen LogP) is 2.31. The highest BCUT2D eigenvalue weighted by molar-refractivity contribution is 6.07. The third kappa shape index (κ3) is 3.10. The van der Waals surface area contributed by atoms with Gasteiger partial charge in [0.1, 0.15) is 0 Å². The van der Waals surface area contributed by atoms with E-state index >= 15 is 0 Å². The van der Waals surface area contributed by atoms with E-state index in [1.54, 1.807) is 24.0 Å². The molecule has 1 aromatic carbocycles. The van der Waals surface area contributed by atoms with Crippen LogP contribution in [0.2, 0.25) is 0 Å². The normalized spacial score (nSPS) is 13.3. The van der Waals surface area contributed by atoms with E-state index in [4.69, 9.17) is 4.74 Å². The maximum atomic E-state index is 12.2. The number of ether oxygens (including phenoxy) is 1. The SMILES string of the molecule is CCCN(c1ccccc1)[C@@](C)(C(=O)O)C(=O)OCC. The molecular weight excluding hydrogens is 258 g/mol. The molecule has 0 unspecified atom stereocenters. The summed E-state index contributed by atoms with van der Waals surface area (Å²) in [6, 6.07) is 9.04. The summed E-state index contributed by atoms with van der Waals surface area (Å²) in [4.78, 5) is 25.4. The van der Waals surface area contributed by atoms with Gasteiger partial charge in [0, 0.05) is 12.2 Å². The number of hydrogen-bond donors (Lipinski definition) is 1. The molecule has 0 aliphatic heterocycles. The van der Waals surface area contributed by atoms with Crippen LogP contribution in [0.25, 0.3) is 0 Å². The largest absolute Gasteiger partial charge is 0.479 e. The minimum absolute atomic E-state index is 0.149. The summed E-state index contributed by atoms with van der Waals surface area (Å²) >= 11 is 0. The average Bonchev–Trinajstić information content (AvgIpc) is 2.45. The van der Waals surface area contributed by atoms with Crippen LogP contribution in [-0.4, -0.2) is 35.7 Å². The van der Waals surface area contributed by atoms with Gasteiger partial charge in [0.2, 0.25) is 5.54 Å². The number of rotatable bonds is 7. The Morgan fingerprint density at radius 1 is 1.25 bits per heavy atom. The topological polar surface area (TPSA) is 66.8 Å². The number of aliphatic carboxylic acids is 1. The second-order valence-electron chi connectivity index (χ2n) is 4.59. The second kappa shape index (κ2) is 6.93. The first kappa shape index (κ1) is 16.0. The lowest BCUT2D eigenvalue weighted by atomic mass is 9.98. The highest BCUT2D eigenvalue weighted by atomic mass is 16.5. The van der Waals surface area contributed by atoms with Crippen molar-refractivity contribution >= 4 is 17.6 Å². The number of hydrogen-bond acceptors (Lipinski definition) is 4. The number of carbonyl (C=O) groups excluding carboxylic acids is 1. The van der Waals surface area contributed by atoms with Crippen molar-refractivity contribution in [2.24, 2.45) is 0 Å². The molecule has 1 rings (SSSR count). The summed E-state index contributed by atoms with van der Waals surface area (Å²) in [5.74, 6) is -1.96. The Hall–Kier alpha value is -2.04. The van der Waals surface area contributed by atoms with Gasteiger partial charge in [-0.1, -0.05) is 25.1 Å². The fourth-order valence-corrected chi connectivity index (χ4v) is 2.03. The molecular formula is C15H21NO4. The van der Waals surface area contributed by atoms with Gasteiger partial charge < -0.3 is 14.7 Å². The van der Waals surface area contributed by atoms with Gasteiger partial charge in [-0.05, 0) is 32.4 Å². The van der Waals surface area contributed by atoms with Crippen molar-refractivity contribution in [2.45, 2.75) is 32.7 Å². The Bertz CT molecular complexity index is 460. The van der Waals surface area contributed by atoms with Crippen LogP contribution in [0.1, 0.15) is 27.2 Å². The first-order valence-corrected chi connectivity index (χ1v) is 6.71. The van der Waals surface area contributed by atoms with Crippen molar-refractivity contribution < 1.29 is 19.4 Å². The van der Waals surface area contributed by atoms with Crippen LogP contribution in [0.5, 0.6) is 0 Å². The Morgan fingerprint density at radius 3 is 2.30 bits per heavy atom. The maximum Gasteiger partial charge on any atom is 0.343 e. The molecule has 0 aliphatic carbocycles. The van der Waals surface area contributed by atoms with Gasteiger partial charge in [-0.25, -0.2) is 9.59 Å². The highest BCUT2D eigenvalue weighted by Gasteiger charge is 2.48. The zero-order valence-corrected chi connectivity index (χ0v) is 12.1. The molecule has 1 N–H and O–H groups in total. The Balaban J connectivity index is 3.26. The van der Waals surface area contributed by atoms with Crippen LogP contribution in [0.3, 0.4) is 0 Å². The lowest BCUT2D eigenvalue weighted by Crippen LogP contribution is -2.59. The summed E-state index contributed by atoms with van der Waals surface area (Å²) in [5, 5.41) is 9.55. The molecule has 110 valence electrons. The fraction of sp³-hybridized carbons (Fsp3) is 0.467. The van der Waals surface area contributed by atoms with E-state index in [1.807, 2.05) is 25.1 Å². The Kier molecular flexibility index (Phi) is 5.55. The molecule has 0 radical (unpaired) electrons. The van der Waals surface area contributed by atoms with Gasteiger partial charge in [0.15, 0.2) is 0 Å². The van der Waals surface area contributed by atoms with Crippen molar-refractivity contribution in [3.8, 4) is 0 Å².